The Morgan fingerprint density at radius 1 is 1.47 bits per heavy atom. The fraction of sp³-hybridized carbons (Fsp3) is 0.786. The molecule has 1 atom stereocenters. The Morgan fingerprint density at radius 2 is 2.11 bits per heavy atom. The minimum absolute atomic E-state index is 0.0481. The molecule has 0 amide bonds. The number of methoxy groups -OCH3 is 1. The molecule has 19 heavy (non-hydrogen) atoms. The first-order valence-corrected chi connectivity index (χ1v) is 6.84. The lowest BCUT2D eigenvalue weighted by atomic mass is 9.90. The number of rotatable bonds is 7. The Bertz CT molecular complexity index is 398. The first-order chi connectivity index (χ1) is 8.89. The molecule has 1 unspecified atom stereocenters. The molecule has 0 saturated heterocycles. The highest BCUT2D eigenvalue weighted by Gasteiger charge is 2.36. The summed E-state index contributed by atoms with van der Waals surface area (Å²) >= 11 is 0. The zero-order chi connectivity index (χ0) is 14.6. The summed E-state index contributed by atoms with van der Waals surface area (Å²) < 4.78 is 7.54. The van der Waals surface area contributed by atoms with Gasteiger partial charge in [-0.2, -0.15) is 5.10 Å². The third-order valence-corrected chi connectivity index (χ3v) is 3.92. The van der Waals surface area contributed by atoms with Crippen LogP contribution in [-0.2, 0) is 6.54 Å². The van der Waals surface area contributed by atoms with Gasteiger partial charge < -0.3 is 15.0 Å². The Morgan fingerprint density at radius 3 is 2.53 bits per heavy atom. The molecule has 0 aromatic carbocycles. The summed E-state index contributed by atoms with van der Waals surface area (Å²) in [6.07, 6.45) is 2.86. The molecular formula is C14H28N4O. The van der Waals surface area contributed by atoms with Crippen LogP contribution in [-0.4, -0.2) is 48.5 Å². The molecule has 1 N–H and O–H groups in total. The van der Waals surface area contributed by atoms with Crippen LogP contribution in [0.15, 0.2) is 6.20 Å². The molecule has 1 aromatic heterocycles. The van der Waals surface area contributed by atoms with E-state index in [0.717, 1.165) is 24.4 Å². The summed E-state index contributed by atoms with van der Waals surface area (Å²) in [5.41, 5.74) is 1.07. The average Bonchev–Trinajstić information content (AvgIpc) is 2.73. The van der Waals surface area contributed by atoms with Crippen LogP contribution in [0.1, 0.15) is 38.9 Å². The van der Waals surface area contributed by atoms with Crippen molar-refractivity contribution in [2.45, 2.75) is 45.3 Å². The predicted octanol–water partition coefficient (Wildman–Crippen LogP) is 1.90. The molecule has 0 fully saturated rings. The molecule has 1 heterocycles. The number of likely N-dealkylation sites (N-methyl/N-ethyl adjacent to an activating group) is 2. The second-order valence-corrected chi connectivity index (χ2v) is 5.59. The molecule has 0 aliphatic carbocycles. The van der Waals surface area contributed by atoms with Gasteiger partial charge in [-0.05, 0) is 41.4 Å². The molecule has 5 nitrogen and oxygen atoms in total. The number of aryl methyl sites for hydroxylation is 1. The van der Waals surface area contributed by atoms with Crippen molar-refractivity contribution < 1.29 is 4.74 Å². The largest absolute Gasteiger partial charge is 0.493 e. The summed E-state index contributed by atoms with van der Waals surface area (Å²) in [7, 11) is 7.87. The smallest absolute Gasteiger partial charge is 0.161 e. The van der Waals surface area contributed by atoms with Gasteiger partial charge in [0.05, 0.1) is 25.0 Å². The van der Waals surface area contributed by atoms with E-state index in [4.69, 9.17) is 4.74 Å². The molecule has 0 radical (unpaired) electrons. The van der Waals surface area contributed by atoms with Gasteiger partial charge in [-0.3, -0.25) is 4.68 Å². The molecule has 0 bridgehead atoms. The zero-order valence-corrected chi connectivity index (χ0v) is 13.3. The standard InChI is InChI=1S/C14H28N4O/c1-8-9-18-12(11(19-7)10-16-18)13(15-4)14(2,3)17(5)6/h10,13,15H,8-9H2,1-7H3. The van der Waals surface area contributed by atoms with Crippen molar-refractivity contribution in [3.63, 3.8) is 0 Å². The minimum atomic E-state index is -0.0481. The number of aromatic nitrogens is 2. The maximum atomic E-state index is 5.49. The van der Waals surface area contributed by atoms with Gasteiger partial charge in [-0.25, -0.2) is 0 Å². The first kappa shape index (κ1) is 16.0. The molecule has 0 spiro atoms. The van der Waals surface area contributed by atoms with E-state index >= 15 is 0 Å². The molecule has 0 aliphatic heterocycles. The van der Waals surface area contributed by atoms with E-state index in [1.165, 1.54) is 0 Å². The number of nitrogens with one attached hydrogen (secondary N) is 1. The van der Waals surface area contributed by atoms with Gasteiger partial charge in [0.1, 0.15) is 0 Å². The van der Waals surface area contributed by atoms with Crippen LogP contribution < -0.4 is 10.1 Å². The van der Waals surface area contributed by atoms with Crippen molar-refractivity contribution in [1.82, 2.24) is 20.0 Å². The quantitative estimate of drug-likeness (QED) is 0.820. The Kier molecular flexibility index (Phi) is 5.38. The monoisotopic (exact) mass is 268 g/mol. The van der Waals surface area contributed by atoms with Crippen LogP contribution in [0.4, 0.5) is 0 Å². The van der Waals surface area contributed by atoms with E-state index in [1.54, 1.807) is 13.3 Å². The molecule has 110 valence electrons. The topological polar surface area (TPSA) is 42.3 Å². The third-order valence-electron chi connectivity index (χ3n) is 3.92. The van der Waals surface area contributed by atoms with Crippen molar-refractivity contribution in [2.75, 3.05) is 28.3 Å². The highest BCUT2D eigenvalue weighted by Crippen LogP contribution is 2.34. The molecule has 0 aliphatic rings. The maximum absolute atomic E-state index is 5.49. The number of ether oxygens (including phenoxy) is 1. The van der Waals surface area contributed by atoms with E-state index in [9.17, 15) is 0 Å². The lowest BCUT2D eigenvalue weighted by molar-refractivity contribution is 0.135. The number of hydrogen-bond donors (Lipinski definition) is 1. The van der Waals surface area contributed by atoms with Crippen LogP contribution >= 0.6 is 0 Å². The van der Waals surface area contributed by atoms with E-state index in [2.05, 4.69) is 50.2 Å². The van der Waals surface area contributed by atoms with Gasteiger partial charge in [0, 0.05) is 12.1 Å². The zero-order valence-electron chi connectivity index (χ0n) is 13.3. The normalized spacial score (nSPS) is 13.9. The molecule has 1 rings (SSSR count). The lowest BCUT2D eigenvalue weighted by Gasteiger charge is -2.40. The summed E-state index contributed by atoms with van der Waals surface area (Å²) in [6.45, 7) is 7.50. The Hall–Kier alpha value is -1.07. The Balaban J connectivity index is 3.27. The molecular weight excluding hydrogens is 240 g/mol. The molecule has 0 saturated carbocycles. The van der Waals surface area contributed by atoms with E-state index < -0.39 is 0 Å². The van der Waals surface area contributed by atoms with Crippen molar-refractivity contribution in [2.24, 2.45) is 0 Å². The lowest BCUT2D eigenvalue weighted by Crippen LogP contribution is -2.49. The van der Waals surface area contributed by atoms with E-state index in [1.807, 2.05) is 11.7 Å². The fourth-order valence-corrected chi connectivity index (χ4v) is 2.30. The fourth-order valence-electron chi connectivity index (χ4n) is 2.30. The minimum Gasteiger partial charge on any atom is -0.493 e. The van der Waals surface area contributed by atoms with Gasteiger partial charge in [0.2, 0.25) is 0 Å². The predicted molar refractivity (Wildman–Crippen MR) is 78.6 cm³/mol. The van der Waals surface area contributed by atoms with Gasteiger partial charge in [0.25, 0.3) is 0 Å². The average molecular weight is 268 g/mol. The van der Waals surface area contributed by atoms with E-state index in [-0.39, 0.29) is 11.6 Å². The summed E-state index contributed by atoms with van der Waals surface area (Å²) in [5, 5.41) is 7.87. The number of nitrogens with zero attached hydrogens (tertiary/aromatic N) is 3. The highest BCUT2D eigenvalue weighted by molar-refractivity contribution is 5.30. The van der Waals surface area contributed by atoms with Crippen LogP contribution in [0, 0.1) is 0 Å². The van der Waals surface area contributed by atoms with Crippen molar-refractivity contribution in [1.29, 1.82) is 0 Å². The van der Waals surface area contributed by atoms with Crippen LogP contribution in [0.25, 0.3) is 0 Å². The van der Waals surface area contributed by atoms with E-state index in [0.29, 0.717) is 0 Å². The Labute approximate surface area is 116 Å². The molecule has 1 aromatic rings. The first-order valence-electron chi connectivity index (χ1n) is 6.84. The van der Waals surface area contributed by atoms with Gasteiger partial charge >= 0.3 is 0 Å². The van der Waals surface area contributed by atoms with Crippen LogP contribution in [0.3, 0.4) is 0 Å². The van der Waals surface area contributed by atoms with Crippen LogP contribution in [0.5, 0.6) is 5.75 Å². The third kappa shape index (κ3) is 3.09. The summed E-state index contributed by atoms with van der Waals surface area (Å²) in [5.74, 6) is 0.850. The highest BCUT2D eigenvalue weighted by atomic mass is 16.5. The van der Waals surface area contributed by atoms with Gasteiger partial charge in [-0.15, -0.1) is 0 Å². The van der Waals surface area contributed by atoms with Crippen molar-refractivity contribution >= 4 is 0 Å². The summed E-state index contributed by atoms with van der Waals surface area (Å²) in [4.78, 5) is 2.22. The van der Waals surface area contributed by atoms with Gasteiger partial charge in [0.15, 0.2) is 5.75 Å². The second-order valence-electron chi connectivity index (χ2n) is 5.59. The van der Waals surface area contributed by atoms with Crippen molar-refractivity contribution in [3.8, 4) is 5.75 Å². The maximum Gasteiger partial charge on any atom is 0.161 e. The second kappa shape index (κ2) is 6.39. The summed E-state index contributed by atoms with van der Waals surface area (Å²) in [6, 6.07) is 0.145. The SMILES string of the molecule is CCCn1ncc(OC)c1C(NC)C(C)(C)N(C)C. The number of hydrogen-bond acceptors (Lipinski definition) is 4. The van der Waals surface area contributed by atoms with Gasteiger partial charge in [-0.1, -0.05) is 6.92 Å². The van der Waals surface area contributed by atoms with Crippen LogP contribution in [0.2, 0.25) is 0 Å². The molecule has 5 heteroatoms. The van der Waals surface area contributed by atoms with Crippen molar-refractivity contribution in [3.05, 3.63) is 11.9 Å².